The standard InChI is InChI=1S/C25H23Cl/c26-21-5-6-22-24(14-21)20-10-15-7-16(11-20)9-19(8-15)23-12-17-3-1-2-4-18(17)13-25(22)23/h1-6,12-16,19-20H,7-11H2. The average Bonchev–Trinajstić information content (AvgIpc) is 2.70. The van der Waals surface area contributed by atoms with Crippen LogP contribution in [-0.4, -0.2) is 0 Å². The number of halogens is 1. The topological polar surface area (TPSA) is 0 Å². The van der Waals surface area contributed by atoms with Crippen molar-refractivity contribution in [2.75, 3.05) is 0 Å². The van der Waals surface area contributed by atoms with Gasteiger partial charge in [0, 0.05) is 5.02 Å². The maximum Gasteiger partial charge on any atom is 0.0409 e. The fourth-order valence-corrected chi connectivity index (χ4v) is 6.48. The van der Waals surface area contributed by atoms with Crippen LogP contribution in [0.25, 0.3) is 21.9 Å². The fraction of sp³-hybridized carbons (Fsp3) is 0.360. The molecule has 0 N–H and O–H groups in total. The second kappa shape index (κ2) is 5.60. The van der Waals surface area contributed by atoms with Crippen LogP contribution in [0.4, 0.5) is 0 Å². The van der Waals surface area contributed by atoms with Crippen LogP contribution in [0.15, 0.2) is 54.6 Å². The molecule has 3 aromatic carbocycles. The highest BCUT2D eigenvalue weighted by Gasteiger charge is 2.40. The van der Waals surface area contributed by atoms with Crippen molar-refractivity contribution in [3.8, 4) is 11.1 Å². The van der Waals surface area contributed by atoms with E-state index in [0.29, 0.717) is 5.92 Å². The summed E-state index contributed by atoms with van der Waals surface area (Å²) in [4.78, 5) is 0. The lowest BCUT2D eigenvalue weighted by molar-refractivity contribution is 0.153. The largest absolute Gasteiger partial charge is 0.0843 e. The molecular formula is C25H23Cl. The van der Waals surface area contributed by atoms with Gasteiger partial charge in [-0.15, -0.1) is 0 Å². The second-order valence-corrected chi connectivity index (χ2v) is 9.26. The van der Waals surface area contributed by atoms with Crippen molar-refractivity contribution in [3.63, 3.8) is 0 Å². The van der Waals surface area contributed by atoms with Crippen LogP contribution < -0.4 is 0 Å². The van der Waals surface area contributed by atoms with Crippen molar-refractivity contribution in [2.24, 2.45) is 11.8 Å². The van der Waals surface area contributed by atoms with Crippen molar-refractivity contribution in [2.45, 2.75) is 43.9 Å². The first-order valence-electron chi connectivity index (χ1n) is 10.1. The summed E-state index contributed by atoms with van der Waals surface area (Å²) >= 11 is 6.46. The van der Waals surface area contributed by atoms with Crippen molar-refractivity contribution in [1.29, 1.82) is 0 Å². The summed E-state index contributed by atoms with van der Waals surface area (Å²) in [5.41, 5.74) is 6.00. The van der Waals surface area contributed by atoms with Gasteiger partial charge in [0.05, 0.1) is 0 Å². The van der Waals surface area contributed by atoms with Gasteiger partial charge in [-0.2, -0.15) is 0 Å². The van der Waals surface area contributed by atoms with Crippen LogP contribution in [0, 0.1) is 11.8 Å². The zero-order valence-corrected chi connectivity index (χ0v) is 15.7. The maximum absolute atomic E-state index is 6.46. The monoisotopic (exact) mass is 358 g/mol. The van der Waals surface area contributed by atoms with Gasteiger partial charge in [0.1, 0.15) is 0 Å². The van der Waals surface area contributed by atoms with Crippen LogP contribution in [0.5, 0.6) is 0 Å². The van der Waals surface area contributed by atoms with Crippen LogP contribution in [-0.2, 0) is 0 Å². The highest BCUT2D eigenvalue weighted by molar-refractivity contribution is 6.30. The van der Waals surface area contributed by atoms with Gasteiger partial charge in [-0.05, 0) is 107 Å². The van der Waals surface area contributed by atoms with Crippen molar-refractivity contribution < 1.29 is 0 Å². The van der Waals surface area contributed by atoms with Gasteiger partial charge in [0.25, 0.3) is 0 Å². The number of benzene rings is 3. The first-order chi connectivity index (χ1) is 12.7. The van der Waals surface area contributed by atoms with Gasteiger partial charge in [0.2, 0.25) is 0 Å². The molecule has 2 atom stereocenters. The Morgan fingerprint density at radius 1 is 0.615 bits per heavy atom. The lowest BCUT2D eigenvalue weighted by Crippen LogP contribution is -2.29. The lowest BCUT2D eigenvalue weighted by atomic mass is 9.63. The minimum atomic E-state index is 0.686. The molecule has 0 aliphatic heterocycles. The number of hydrogen-bond donors (Lipinski definition) is 0. The van der Waals surface area contributed by atoms with Crippen molar-refractivity contribution in [1.82, 2.24) is 0 Å². The molecule has 4 aliphatic carbocycles. The Kier molecular flexibility index (Phi) is 3.29. The molecule has 0 radical (unpaired) electrons. The third-order valence-electron chi connectivity index (χ3n) is 7.24. The number of rotatable bonds is 0. The Bertz CT molecular complexity index is 1000. The minimum Gasteiger partial charge on any atom is -0.0843 e. The molecule has 3 aromatic rings. The highest BCUT2D eigenvalue weighted by atomic mass is 35.5. The number of hydrogen-bond acceptors (Lipinski definition) is 0. The van der Waals surface area contributed by atoms with Gasteiger partial charge < -0.3 is 0 Å². The molecule has 130 valence electrons. The molecule has 7 rings (SSSR count). The molecule has 1 heteroatoms. The van der Waals surface area contributed by atoms with E-state index in [9.17, 15) is 0 Å². The third-order valence-corrected chi connectivity index (χ3v) is 7.47. The first kappa shape index (κ1) is 15.3. The quantitative estimate of drug-likeness (QED) is 0.389. The molecule has 2 saturated carbocycles. The molecule has 2 unspecified atom stereocenters. The van der Waals surface area contributed by atoms with E-state index >= 15 is 0 Å². The Morgan fingerprint density at radius 2 is 1.23 bits per heavy atom. The summed E-state index contributed by atoms with van der Waals surface area (Å²) in [6.45, 7) is 0. The smallest absolute Gasteiger partial charge is 0.0409 e. The summed E-state index contributed by atoms with van der Waals surface area (Å²) in [6, 6.07) is 20.4. The normalized spacial score (nSPS) is 29.0. The zero-order chi connectivity index (χ0) is 17.3. The van der Waals surface area contributed by atoms with Crippen LogP contribution in [0.1, 0.15) is 55.1 Å². The Morgan fingerprint density at radius 3 is 1.92 bits per heavy atom. The summed E-state index contributed by atoms with van der Waals surface area (Å²) in [5.74, 6) is 3.19. The van der Waals surface area contributed by atoms with Crippen LogP contribution in [0.2, 0.25) is 5.02 Å². The summed E-state index contributed by atoms with van der Waals surface area (Å²) < 4.78 is 0. The average molecular weight is 359 g/mol. The van der Waals surface area contributed by atoms with E-state index in [2.05, 4.69) is 54.6 Å². The molecule has 4 aliphatic rings. The van der Waals surface area contributed by atoms with Crippen LogP contribution in [0.3, 0.4) is 0 Å². The van der Waals surface area contributed by atoms with E-state index < -0.39 is 0 Å². The van der Waals surface area contributed by atoms with Gasteiger partial charge in [-0.25, -0.2) is 0 Å². The van der Waals surface area contributed by atoms with E-state index in [4.69, 9.17) is 11.6 Å². The molecule has 4 bridgehead atoms. The second-order valence-electron chi connectivity index (χ2n) is 8.82. The molecule has 0 aromatic heterocycles. The Labute approximate surface area is 160 Å². The van der Waals surface area contributed by atoms with Crippen molar-refractivity contribution in [3.05, 3.63) is 70.7 Å². The SMILES string of the molecule is Clc1ccc2c(c1)C1CC3CC(C1)CC(C3)c1cc3ccccc3cc1-2. The zero-order valence-electron chi connectivity index (χ0n) is 14.9. The summed E-state index contributed by atoms with van der Waals surface area (Å²) in [6.07, 6.45) is 6.91. The predicted molar refractivity (Wildman–Crippen MR) is 110 cm³/mol. The Hall–Kier alpha value is -1.79. The third kappa shape index (κ3) is 2.28. The van der Waals surface area contributed by atoms with E-state index in [1.54, 1.807) is 5.56 Å². The molecule has 2 fully saturated rings. The molecule has 26 heavy (non-hydrogen) atoms. The van der Waals surface area contributed by atoms with E-state index in [-0.39, 0.29) is 0 Å². The molecule has 0 spiro atoms. The lowest BCUT2D eigenvalue weighted by Gasteiger charge is -2.42. The van der Waals surface area contributed by atoms with Crippen LogP contribution >= 0.6 is 11.6 Å². The molecule has 0 saturated heterocycles. The molecular weight excluding hydrogens is 336 g/mol. The van der Waals surface area contributed by atoms with Gasteiger partial charge >= 0.3 is 0 Å². The highest BCUT2D eigenvalue weighted by Crippen LogP contribution is 2.55. The maximum atomic E-state index is 6.46. The molecule has 0 heterocycles. The first-order valence-corrected chi connectivity index (χ1v) is 10.4. The Balaban J connectivity index is 1.70. The summed E-state index contributed by atoms with van der Waals surface area (Å²) in [7, 11) is 0. The fourth-order valence-electron chi connectivity index (χ4n) is 6.30. The van der Waals surface area contributed by atoms with E-state index in [0.717, 1.165) is 22.8 Å². The van der Waals surface area contributed by atoms with Crippen molar-refractivity contribution >= 4 is 22.4 Å². The molecule has 0 nitrogen and oxygen atoms in total. The number of fused-ring (bicyclic) bond motifs is 1. The predicted octanol–water partition coefficient (Wildman–Crippen LogP) is 7.55. The summed E-state index contributed by atoms with van der Waals surface area (Å²) in [5, 5.41) is 3.63. The van der Waals surface area contributed by atoms with Gasteiger partial charge in [0.15, 0.2) is 0 Å². The minimum absolute atomic E-state index is 0.686. The van der Waals surface area contributed by atoms with Gasteiger partial charge in [-0.3, -0.25) is 0 Å². The van der Waals surface area contributed by atoms with E-state index in [1.807, 2.05) is 0 Å². The van der Waals surface area contributed by atoms with Gasteiger partial charge in [-0.1, -0.05) is 48.0 Å². The van der Waals surface area contributed by atoms with E-state index in [1.165, 1.54) is 59.6 Å². The molecule has 0 amide bonds.